The number of ether oxygens (including phenoxy) is 2. The van der Waals surface area contributed by atoms with Crippen LogP contribution in [0.15, 0.2) is 0 Å². The minimum absolute atomic E-state index is 0.0631. The summed E-state index contributed by atoms with van der Waals surface area (Å²) in [5.41, 5.74) is 0. The zero-order valence-corrected chi connectivity index (χ0v) is 13.8. The molecule has 0 aromatic rings. The first-order valence-electron chi connectivity index (χ1n) is 8.18. The Hall–Kier alpha value is -0.710. The summed E-state index contributed by atoms with van der Waals surface area (Å²) < 4.78 is 10.4. The molecule has 1 rings (SSSR count). The van der Waals surface area contributed by atoms with E-state index >= 15 is 0 Å². The summed E-state index contributed by atoms with van der Waals surface area (Å²) in [5.74, 6) is 2.04. The molecule has 1 aliphatic heterocycles. The molecule has 0 aromatic carbocycles. The van der Waals surface area contributed by atoms with Crippen LogP contribution >= 0.6 is 11.8 Å². The molecule has 0 amide bonds. The Morgan fingerprint density at radius 1 is 0.619 bits per heavy atom. The van der Waals surface area contributed by atoms with E-state index in [0.29, 0.717) is 26.1 Å². The van der Waals surface area contributed by atoms with Gasteiger partial charge in [0.25, 0.3) is 0 Å². The molecule has 4 nitrogen and oxygen atoms in total. The lowest BCUT2D eigenvalue weighted by atomic mass is 10.2. The van der Waals surface area contributed by atoms with Crippen LogP contribution in [0.3, 0.4) is 0 Å². The van der Waals surface area contributed by atoms with Crippen LogP contribution < -0.4 is 0 Å². The summed E-state index contributed by atoms with van der Waals surface area (Å²) in [7, 11) is 0. The molecule has 122 valence electrons. The van der Waals surface area contributed by atoms with Crippen molar-refractivity contribution in [1.29, 1.82) is 0 Å². The number of esters is 2. The molecule has 1 saturated heterocycles. The summed E-state index contributed by atoms with van der Waals surface area (Å²) >= 11 is 1.90. The second-order valence-corrected chi connectivity index (χ2v) is 6.61. The van der Waals surface area contributed by atoms with Crippen LogP contribution in [0.2, 0.25) is 0 Å². The molecule has 1 fully saturated rings. The fourth-order valence-corrected chi connectivity index (χ4v) is 3.14. The molecule has 0 spiro atoms. The van der Waals surface area contributed by atoms with Gasteiger partial charge in [-0.05, 0) is 62.9 Å². The molecule has 21 heavy (non-hydrogen) atoms. The molecular weight excluding hydrogens is 288 g/mol. The van der Waals surface area contributed by atoms with Crippen LogP contribution in [0.5, 0.6) is 0 Å². The van der Waals surface area contributed by atoms with Gasteiger partial charge in [0, 0.05) is 12.8 Å². The normalized spacial score (nSPS) is 22.3. The van der Waals surface area contributed by atoms with Crippen molar-refractivity contribution in [3.8, 4) is 0 Å². The summed E-state index contributed by atoms with van der Waals surface area (Å²) in [6.45, 7) is 1.04. The molecule has 0 aliphatic carbocycles. The quantitative estimate of drug-likeness (QED) is 0.638. The second kappa shape index (κ2) is 13.0. The number of thioether (sulfide) groups is 1. The van der Waals surface area contributed by atoms with Crippen molar-refractivity contribution in [1.82, 2.24) is 0 Å². The van der Waals surface area contributed by atoms with Gasteiger partial charge in [0.15, 0.2) is 0 Å². The summed E-state index contributed by atoms with van der Waals surface area (Å²) in [6.07, 6.45) is 8.86. The van der Waals surface area contributed by atoms with Crippen LogP contribution in [0.1, 0.15) is 64.2 Å². The number of cyclic esters (lactones) is 2. The van der Waals surface area contributed by atoms with Gasteiger partial charge in [-0.25, -0.2) is 0 Å². The van der Waals surface area contributed by atoms with Gasteiger partial charge >= 0.3 is 11.9 Å². The predicted molar refractivity (Wildman–Crippen MR) is 85.4 cm³/mol. The molecule has 0 unspecified atom stereocenters. The highest BCUT2D eigenvalue weighted by atomic mass is 32.2. The highest BCUT2D eigenvalue weighted by molar-refractivity contribution is 7.99. The van der Waals surface area contributed by atoms with E-state index in [2.05, 4.69) is 0 Å². The lowest BCUT2D eigenvalue weighted by Gasteiger charge is -2.05. The highest BCUT2D eigenvalue weighted by Gasteiger charge is 2.05. The van der Waals surface area contributed by atoms with Gasteiger partial charge < -0.3 is 9.47 Å². The van der Waals surface area contributed by atoms with Crippen molar-refractivity contribution in [3.63, 3.8) is 0 Å². The van der Waals surface area contributed by atoms with Crippen molar-refractivity contribution in [2.24, 2.45) is 0 Å². The summed E-state index contributed by atoms with van der Waals surface area (Å²) in [6, 6.07) is 0. The topological polar surface area (TPSA) is 52.6 Å². The van der Waals surface area contributed by atoms with Gasteiger partial charge in [-0.1, -0.05) is 0 Å². The smallest absolute Gasteiger partial charge is 0.305 e. The van der Waals surface area contributed by atoms with Gasteiger partial charge in [0.2, 0.25) is 0 Å². The first kappa shape index (κ1) is 18.3. The number of carbonyl (C=O) groups is 2. The zero-order valence-electron chi connectivity index (χ0n) is 12.9. The van der Waals surface area contributed by atoms with Crippen LogP contribution in [-0.4, -0.2) is 36.7 Å². The molecule has 0 bridgehead atoms. The maximum atomic E-state index is 11.5. The fourth-order valence-electron chi connectivity index (χ4n) is 2.12. The van der Waals surface area contributed by atoms with Crippen molar-refractivity contribution in [3.05, 3.63) is 0 Å². The maximum absolute atomic E-state index is 11.5. The van der Waals surface area contributed by atoms with E-state index in [-0.39, 0.29) is 11.9 Å². The van der Waals surface area contributed by atoms with E-state index in [1.807, 2.05) is 11.8 Å². The molecular formula is C16H28O4S. The van der Waals surface area contributed by atoms with E-state index in [1.165, 1.54) is 0 Å². The predicted octanol–water partition coefficient (Wildman–Crippen LogP) is 3.72. The molecule has 0 aromatic heterocycles. The van der Waals surface area contributed by atoms with E-state index < -0.39 is 0 Å². The minimum atomic E-state index is -0.0631. The van der Waals surface area contributed by atoms with Crippen molar-refractivity contribution < 1.29 is 19.1 Å². The number of rotatable bonds is 0. The summed E-state index contributed by atoms with van der Waals surface area (Å²) in [5, 5.41) is 0. The van der Waals surface area contributed by atoms with Gasteiger partial charge in [-0.2, -0.15) is 11.8 Å². The van der Waals surface area contributed by atoms with Crippen molar-refractivity contribution >= 4 is 23.7 Å². The van der Waals surface area contributed by atoms with Gasteiger partial charge in [-0.15, -0.1) is 0 Å². The average Bonchev–Trinajstić information content (AvgIpc) is 2.47. The van der Waals surface area contributed by atoms with Crippen LogP contribution in [-0.2, 0) is 19.1 Å². The number of hydrogen-bond donors (Lipinski definition) is 0. The SMILES string of the molecule is O=C1CCCCSCCCCC(=O)OCCCCCCO1. The van der Waals surface area contributed by atoms with Crippen LogP contribution in [0.25, 0.3) is 0 Å². The molecule has 5 heteroatoms. The first-order chi connectivity index (χ1) is 10.3. The lowest BCUT2D eigenvalue weighted by molar-refractivity contribution is -0.145. The average molecular weight is 316 g/mol. The molecule has 1 heterocycles. The highest BCUT2D eigenvalue weighted by Crippen LogP contribution is 2.11. The lowest BCUT2D eigenvalue weighted by Crippen LogP contribution is -2.06. The Morgan fingerprint density at radius 3 is 1.57 bits per heavy atom. The monoisotopic (exact) mass is 316 g/mol. The van der Waals surface area contributed by atoms with Gasteiger partial charge in [-0.3, -0.25) is 9.59 Å². The van der Waals surface area contributed by atoms with Crippen LogP contribution in [0.4, 0.5) is 0 Å². The standard InChI is InChI=1S/C16H28O4S/c17-15-9-3-7-13-21-14-8-4-10-16(18)20-12-6-2-1-5-11-19-15/h1-14H2. The Morgan fingerprint density at radius 2 is 1.10 bits per heavy atom. The summed E-state index contributed by atoms with van der Waals surface area (Å²) in [4.78, 5) is 22.9. The van der Waals surface area contributed by atoms with Crippen molar-refractivity contribution in [2.45, 2.75) is 64.2 Å². The Kier molecular flexibility index (Phi) is 11.3. The number of carbonyl (C=O) groups excluding carboxylic acids is 2. The Bertz CT molecular complexity index is 266. The third-order valence-electron chi connectivity index (χ3n) is 3.40. The molecule has 1 aliphatic rings. The second-order valence-electron chi connectivity index (χ2n) is 5.38. The third kappa shape index (κ3) is 11.6. The molecule has 0 saturated carbocycles. The third-order valence-corrected chi connectivity index (χ3v) is 4.56. The Labute approximate surface area is 132 Å². The van der Waals surface area contributed by atoms with Crippen molar-refractivity contribution in [2.75, 3.05) is 24.7 Å². The van der Waals surface area contributed by atoms with E-state index in [0.717, 1.165) is 62.9 Å². The molecule has 0 radical (unpaired) electrons. The van der Waals surface area contributed by atoms with E-state index in [9.17, 15) is 9.59 Å². The van der Waals surface area contributed by atoms with E-state index in [4.69, 9.17) is 9.47 Å². The number of hydrogen-bond acceptors (Lipinski definition) is 5. The maximum Gasteiger partial charge on any atom is 0.305 e. The fraction of sp³-hybridized carbons (Fsp3) is 0.875. The minimum Gasteiger partial charge on any atom is -0.466 e. The first-order valence-corrected chi connectivity index (χ1v) is 9.33. The molecule has 0 atom stereocenters. The molecule has 0 N–H and O–H groups in total. The van der Waals surface area contributed by atoms with Gasteiger partial charge in [0.1, 0.15) is 0 Å². The largest absolute Gasteiger partial charge is 0.466 e. The van der Waals surface area contributed by atoms with Gasteiger partial charge in [0.05, 0.1) is 13.2 Å². The zero-order chi connectivity index (χ0) is 15.2. The van der Waals surface area contributed by atoms with Crippen LogP contribution in [0, 0.1) is 0 Å². The Balaban J connectivity index is 2.19. The van der Waals surface area contributed by atoms with E-state index in [1.54, 1.807) is 0 Å².